The van der Waals surface area contributed by atoms with Gasteiger partial charge in [0.25, 0.3) is 0 Å². The molecule has 364 valence electrons. The van der Waals surface area contributed by atoms with Gasteiger partial charge in [0.05, 0.1) is 12.7 Å². The first-order chi connectivity index (χ1) is 30.9. The fourth-order valence-corrected chi connectivity index (χ4v) is 6.77. The average molecular weight is 919 g/mol. The molecule has 23 heteroatoms. The van der Waals surface area contributed by atoms with Crippen molar-refractivity contribution in [3.63, 3.8) is 0 Å². The highest BCUT2D eigenvalue weighted by molar-refractivity contribution is 5.98. The molecule has 1 aliphatic heterocycles. The zero-order chi connectivity index (χ0) is 48.6. The van der Waals surface area contributed by atoms with Gasteiger partial charge in [-0.2, -0.15) is 0 Å². The maximum atomic E-state index is 14.2. The lowest BCUT2D eigenvalue weighted by Gasteiger charge is -2.28. The van der Waals surface area contributed by atoms with E-state index in [2.05, 4.69) is 47.9 Å². The summed E-state index contributed by atoms with van der Waals surface area (Å²) in [6, 6.07) is -2.68. The predicted octanol–water partition coefficient (Wildman–Crippen LogP) is -5.11. The van der Waals surface area contributed by atoms with Gasteiger partial charge in [-0.15, -0.1) is 0 Å². The number of nitrogens with one attached hydrogen (secondary N) is 9. The summed E-state index contributed by atoms with van der Waals surface area (Å²) in [5.41, 5.74) is 18.1. The van der Waals surface area contributed by atoms with Gasteiger partial charge in [-0.3, -0.25) is 43.2 Å². The van der Waals surface area contributed by atoms with Gasteiger partial charge < -0.3 is 75.3 Å². The van der Waals surface area contributed by atoms with E-state index in [-0.39, 0.29) is 77.0 Å². The van der Waals surface area contributed by atoms with E-state index in [4.69, 9.17) is 17.2 Å². The van der Waals surface area contributed by atoms with Gasteiger partial charge in [0.1, 0.15) is 48.3 Å². The number of aliphatic hydroxyl groups is 2. The van der Waals surface area contributed by atoms with E-state index in [1.165, 1.54) is 6.92 Å². The maximum absolute atomic E-state index is 14.2. The van der Waals surface area contributed by atoms with Gasteiger partial charge in [-0.05, 0) is 76.6 Å². The average Bonchev–Trinajstić information content (AvgIpc) is 3.25. The highest BCUT2D eigenvalue weighted by Gasteiger charge is 2.36. The molecule has 1 aromatic rings. The third-order valence-corrected chi connectivity index (χ3v) is 10.3. The van der Waals surface area contributed by atoms with E-state index in [9.17, 15) is 53.4 Å². The predicted molar refractivity (Wildman–Crippen MR) is 237 cm³/mol. The first kappa shape index (κ1) is 55.4. The molecule has 1 saturated heterocycles. The molecule has 65 heavy (non-hydrogen) atoms. The molecule has 2 rings (SSSR count). The van der Waals surface area contributed by atoms with Crippen LogP contribution in [0.3, 0.4) is 0 Å². The Balaban J connectivity index is 2.71. The van der Waals surface area contributed by atoms with Crippen molar-refractivity contribution in [3.8, 4) is 0 Å². The Hall–Kier alpha value is -5.75. The van der Waals surface area contributed by atoms with Crippen molar-refractivity contribution >= 4 is 53.2 Å². The maximum Gasteiger partial charge on any atom is 0.245 e. The van der Waals surface area contributed by atoms with Crippen molar-refractivity contribution in [1.82, 2.24) is 47.9 Å². The summed E-state index contributed by atoms with van der Waals surface area (Å²) < 4.78 is 0. The van der Waals surface area contributed by atoms with E-state index in [0.717, 1.165) is 0 Å². The molecule has 9 amide bonds. The van der Waals surface area contributed by atoms with Crippen LogP contribution in [0.25, 0.3) is 0 Å². The molecule has 1 aliphatic rings. The molecule has 1 fully saturated rings. The molecule has 0 radical (unpaired) electrons. The molecule has 0 spiro atoms. The minimum absolute atomic E-state index is 0.0413. The fourth-order valence-electron chi connectivity index (χ4n) is 6.77. The van der Waals surface area contributed by atoms with E-state index in [1.54, 1.807) is 51.1 Å². The second-order valence-corrected chi connectivity index (χ2v) is 16.3. The number of amides is 9. The lowest BCUT2D eigenvalue weighted by atomic mass is 10.00. The number of hydrogen-bond acceptors (Lipinski definition) is 14. The third-order valence-electron chi connectivity index (χ3n) is 10.3. The third kappa shape index (κ3) is 19.1. The first-order valence-corrected chi connectivity index (χ1v) is 22.0. The number of carbonyl (C=O) groups is 9. The van der Waals surface area contributed by atoms with Crippen LogP contribution in [0.5, 0.6) is 0 Å². The van der Waals surface area contributed by atoms with Crippen LogP contribution in [0.15, 0.2) is 30.3 Å². The van der Waals surface area contributed by atoms with Crippen LogP contribution < -0.4 is 65.1 Å². The quantitative estimate of drug-likeness (QED) is 0.0696. The molecule has 0 saturated carbocycles. The van der Waals surface area contributed by atoms with Crippen LogP contribution in [-0.4, -0.2) is 151 Å². The molecule has 9 atom stereocenters. The minimum atomic E-state index is -1.61. The molecular formula is C42H70N12O11. The topological polar surface area (TPSA) is 380 Å². The zero-order valence-corrected chi connectivity index (χ0v) is 37.7. The minimum Gasteiger partial charge on any atom is -0.394 e. The van der Waals surface area contributed by atoms with Crippen molar-refractivity contribution in [2.45, 2.75) is 134 Å². The summed E-state index contributed by atoms with van der Waals surface area (Å²) in [5, 5.41) is 43.3. The number of hydrogen-bond donors (Lipinski definition) is 14. The highest BCUT2D eigenvalue weighted by atomic mass is 16.3. The summed E-state index contributed by atoms with van der Waals surface area (Å²) in [6.45, 7) is 5.01. The van der Waals surface area contributed by atoms with Crippen LogP contribution in [0, 0.1) is 5.92 Å². The number of aliphatic hydroxyl groups excluding tert-OH is 2. The van der Waals surface area contributed by atoms with E-state index in [1.807, 2.05) is 0 Å². The summed E-state index contributed by atoms with van der Waals surface area (Å²) in [5.74, 6) is -7.74. The highest BCUT2D eigenvalue weighted by Crippen LogP contribution is 2.11. The van der Waals surface area contributed by atoms with E-state index in [0.29, 0.717) is 12.0 Å². The number of benzene rings is 1. The van der Waals surface area contributed by atoms with Gasteiger partial charge in [-0.1, -0.05) is 51.1 Å². The molecule has 1 unspecified atom stereocenters. The van der Waals surface area contributed by atoms with Gasteiger partial charge in [0.2, 0.25) is 53.2 Å². The summed E-state index contributed by atoms with van der Waals surface area (Å²) in [7, 11) is 0. The second kappa shape index (κ2) is 28.9. The Morgan fingerprint density at radius 1 is 0.692 bits per heavy atom. The van der Waals surface area contributed by atoms with Gasteiger partial charge in [0, 0.05) is 19.4 Å². The van der Waals surface area contributed by atoms with Crippen molar-refractivity contribution in [1.29, 1.82) is 0 Å². The lowest BCUT2D eigenvalue weighted by molar-refractivity contribution is -0.136. The zero-order valence-electron chi connectivity index (χ0n) is 37.7. The molecule has 0 aromatic heterocycles. The van der Waals surface area contributed by atoms with Gasteiger partial charge >= 0.3 is 0 Å². The molecule has 1 aromatic carbocycles. The monoisotopic (exact) mass is 919 g/mol. The smallest absolute Gasteiger partial charge is 0.245 e. The second-order valence-electron chi connectivity index (χ2n) is 16.3. The molecule has 17 N–H and O–H groups in total. The van der Waals surface area contributed by atoms with Gasteiger partial charge in [-0.25, -0.2) is 0 Å². The van der Waals surface area contributed by atoms with Gasteiger partial charge in [0.15, 0.2) is 0 Å². The van der Waals surface area contributed by atoms with Crippen molar-refractivity contribution < 1.29 is 53.4 Å². The summed E-state index contributed by atoms with van der Waals surface area (Å²) in [6.07, 6.45) is -1.76. The van der Waals surface area contributed by atoms with Crippen molar-refractivity contribution in [3.05, 3.63) is 35.9 Å². The van der Waals surface area contributed by atoms with Crippen molar-refractivity contribution in [2.75, 3.05) is 32.8 Å². The Morgan fingerprint density at radius 2 is 1.17 bits per heavy atom. The Bertz CT molecular complexity index is 1750. The van der Waals surface area contributed by atoms with E-state index >= 15 is 0 Å². The molecule has 23 nitrogen and oxygen atoms in total. The van der Waals surface area contributed by atoms with Crippen LogP contribution in [0.4, 0.5) is 0 Å². The standard InChI is InChI=1S/C42H70N12O11/c1-5-9-33(57)47-32(22-55)41(64)51-29-15-19-46-42(65)34(24(4)56)54-38(61)28(14-18-45)49-35(58)26(12-16-43)50-39(62)30(20-23(2)3)52-40(63)31(21-25-10-7-6-8-11-25)53-36(59)27(13-17-44)48-37(29)60/h6-8,10-11,23-24,26-32,34,55-56H,5,9,12-22,43-45H2,1-4H3,(H,46,65)(H,47,57)(H,48,60)(H,49,58)(H,50,62)(H,51,64)(H,52,63)(H,53,59)(H,54,61)/t24-,26+,27+,28+,29+,30+,31-,32-,34?/m1/s1. The van der Waals surface area contributed by atoms with Crippen molar-refractivity contribution in [2.24, 2.45) is 23.1 Å². The largest absolute Gasteiger partial charge is 0.394 e. The molecule has 0 bridgehead atoms. The molecule has 0 aliphatic carbocycles. The molecular weight excluding hydrogens is 849 g/mol. The summed E-state index contributed by atoms with van der Waals surface area (Å²) in [4.78, 5) is 123. The van der Waals surface area contributed by atoms with Crippen LogP contribution >= 0.6 is 0 Å². The normalized spacial score (nSPS) is 24.5. The van der Waals surface area contributed by atoms with E-state index < -0.39 is 114 Å². The van der Waals surface area contributed by atoms with Crippen LogP contribution in [-0.2, 0) is 49.6 Å². The Kier molecular flexibility index (Phi) is 24.6. The molecule has 1 heterocycles. The van der Waals surface area contributed by atoms with Crippen LogP contribution in [0.2, 0.25) is 0 Å². The fraction of sp³-hybridized carbons (Fsp3) is 0.643. The number of rotatable bonds is 17. The number of nitrogens with two attached hydrogens (primary N) is 3. The van der Waals surface area contributed by atoms with Crippen LogP contribution in [0.1, 0.15) is 78.2 Å². The summed E-state index contributed by atoms with van der Waals surface area (Å²) >= 11 is 0. The SMILES string of the molecule is CCCC(=O)N[C@H](CO)C(=O)N[C@H]1CCNC(=O)C([C@@H](C)O)NC(=O)[C@H](CCN)NC(=O)[C@H](CCN)NC(=O)[C@H](CC(C)C)NC(=O)[C@@H](Cc2ccccc2)NC(=O)[C@H](CCN)NC1=O. The lowest BCUT2D eigenvalue weighted by Crippen LogP contribution is -2.61. The Morgan fingerprint density at radius 3 is 1.66 bits per heavy atom. The number of carbonyl (C=O) groups excluding carboxylic acids is 9. The first-order valence-electron chi connectivity index (χ1n) is 22.0. The Labute approximate surface area is 379 Å².